The lowest BCUT2D eigenvalue weighted by atomic mass is 9.78. The number of thiophene rings is 1. The van der Waals surface area contributed by atoms with Crippen molar-refractivity contribution in [2.45, 2.75) is 25.9 Å². The molecule has 0 aliphatic carbocycles. The van der Waals surface area contributed by atoms with Gasteiger partial charge in [0.1, 0.15) is 0 Å². The van der Waals surface area contributed by atoms with E-state index in [1.165, 1.54) is 4.88 Å². The fourth-order valence-corrected chi connectivity index (χ4v) is 3.51. The molecule has 0 saturated carbocycles. The van der Waals surface area contributed by atoms with Gasteiger partial charge in [0.05, 0.1) is 11.6 Å². The molecule has 0 unspecified atom stereocenters. The maximum atomic E-state index is 12.3. The highest BCUT2D eigenvalue weighted by atomic mass is 35.5. The number of ketones is 1. The number of fused-ring (bicyclic) bond motifs is 1. The summed E-state index contributed by atoms with van der Waals surface area (Å²) in [6.45, 7) is 0.336. The van der Waals surface area contributed by atoms with Gasteiger partial charge in [-0.3, -0.25) is 4.79 Å². The Balaban J connectivity index is 1.68. The number of rotatable bonds is 5. The fourth-order valence-electron chi connectivity index (χ4n) is 2.47. The van der Waals surface area contributed by atoms with E-state index in [1.807, 2.05) is 11.4 Å². The molecule has 3 nitrogen and oxygen atoms in total. The highest BCUT2D eigenvalue weighted by Crippen LogP contribution is 2.23. The van der Waals surface area contributed by atoms with Crippen molar-refractivity contribution in [3.63, 3.8) is 0 Å². The normalized spacial score (nSPS) is 13.5. The zero-order chi connectivity index (χ0) is 14.8. The molecule has 108 valence electrons. The summed E-state index contributed by atoms with van der Waals surface area (Å²) in [6, 6.07) is 7.48. The predicted octanol–water partition coefficient (Wildman–Crippen LogP) is 2.82. The van der Waals surface area contributed by atoms with Crippen LogP contribution in [0.2, 0.25) is 5.02 Å². The number of halogens is 1. The summed E-state index contributed by atoms with van der Waals surface area (Å²) in [5.74, 6) is 0.0125. The molecular formula is C15H14BClO3S. The molecule has 2 heterocycles. The van der Waals surface area contributed by atoms with Crippen LogP contribution in [-0.4, -0.2) is 17.9 Å². The van der Waals surface area contributed by atoms with Crippen LogP contribution in [0.25, 0.3) is 0 Å². The van der Waals surface area contributed by atoms with Gasteiger partial charge < -0.3 is 9.68 Å². The molecule has 1 aliphatic heterocycles. The van der Waals surface area contributed by atoms with Crippen LogP contribution >= 0.6 is 22.9 Å². The van der Waals surface area contributed by atoms with Crippen LogP contribution in [-0.2, 0) is 17.7 Å². The van der Waals surface area contributed by atoms with Crippen LogP contribution in [0.3, 0.4) is 0 Å². The summed E-state index contributed by atoms with van der Waals surface area (Å²) in [7, 11) is -0.949. The van der Waals surface area contributed by atoms with Crippen LogP contribution in [0.5, 0.6) is 0 Å². The predicted molar refractivity (Wildman–Crippen MR) is 85.4 cm³/mol. The lowest BCUT2D eigenvalue weighted by molar-refractivity contribution is 0.0980. The summed E-state index contributed by atoms with van der Waals surface area (Å²) >= 11 is 7.88. The van der Waals surface area contributed by atoms with Crippen LogP contribution in [0, 0.1) is 0 Å². The second kappa shape index (κ2) is 6.32. The summed E-state index contributed by atoms with van der Waals surface area (Å²) in [5, 5.41) is 12.2. The zero-order valence-corrected chi connectivity index (χ0v) is 12.9. The minimum atomic E-state index is -0.949. The van der Waals surface area contributed by atoms with Crippen molar-refractivity contribution in [3.8, 4) is 0 Å². The second-order valence-corrected chi connectivity index (χ2v) is 6.49. The van der Waals surface area contributed by atoms with Crippen molar-refractivity contribution in [2.75, 3.05) is 0 Å². The van der Waals surface area contributed by atoms with Gasteiger partial charge in [0.15, 0.2) is 5.78 Å². The standard InChI is InChI=1S/C15H14BClO3S/c17-14-7-10-9-20-16(19)13(10)8-12(14)15(18)5-1-3-11-4-2-6-21-11/h2,4,6-8,19H,1,3,5,9H2. The van der Waals surface area contributed by atoms with Gasteiger partial charge in [-0.05, 0) is 47.4 Å². The van der Waals surface area contributed by atoms with Gasteiger partial charge in [0, 0.05) is 16.9 Å². The van der Waals surface area contributed by atoms with E-state index in [-0.39, 0.29) is 5.78 Å². The minimum absolute atomic E-state index is 0.0125. The molecule has 1 aromatic heterocycles. The molecule has 0 saturated heterocycles. The largest absolute Gasteiger partial charge is 0.491 e. The lowest BCUT2D eigenvalue weighted by Crippen LogP contribution is -2.28. The summed E-state index contributed by atoms with van der Waals surface area (Å²) < 4.78 is 5.13. The Morgan fingerprint density at radius 1 is 1.48 bits per heavy atom. The highest BCUT2D eigenvalue weighted by Gasteiger charge is 2.29. The van der Waals surface area contributed by atoms with E-state index in [2.05, 4.69) is 6.07 Å². The molecule has 1 aromatic carbocycles. The first-order chi connectivity index (χ1) is 10.1. The third kappa shape index (κ3) is 3.21. The molecule has 0 radical (unpaired) electrons. The van der Waals surface area contributed by atoms with E-state index in [1.54, 1.807) is 23.5 Å². The molecule has 21 heavy (non-hydrogen) atoms. The van der Waals surface area contributed by atoms with Gasteiger partial charge in [0.25, 0.3) is 0 Å². The Morgan fingerprint density at radius 3 is 3.10 bits per heavy atom. The van der Waals surface area contributed by atoms with E-state index in [0.29, 0.717) is 29.1 Å². The first-order valence-electron chi connectivity index (χ1n) is 6.82. The molecule has 1 aliphatic rings. The Morgan fingerprint density at radius 2 is 2.33 bits per heavy atom. The average Bonchev–Trinajstić information content (AvgIpc) is 3.08. The van der Waals surface area contributed by atoms with Crippen molar-refractivity contribution < 1.29 is 14.5 Å². The van der Waals surface area contributed by atoms with E-state index in [9.17, 15) is 9.82 Å². The summed E-state index contributed by atoms with van der Waals surface area (Å²) in [6.07, 6.45) is 2.15. The van der Waals surface area contributed by atoms with E-state index >= 15 is 0 Å². The Labute approximate surface area is 132 Å². The fraction of sp³-hybridized carbons (Fsp3) is 0.267. The molecule has 0 fully saturated rings. The lowest BCUT2D eigenvalue weighted by Gasteiger charge is -2.07. The smallest absolute Gasteiger partial charge is 0.423 e. The first-order valence-corrected chi connectivity index (χ1v) is 8.08. The molecule has 6 heteroatoms. The third-order valence-corrected chi connectivity index (χ3v) is 4.85. The Bertz CT molecular complexity index is 657. The van der Waals surface area contributed by atoms with Gasteiger partial charge in [0.2, 0.25) is 0 Å². The van der Waals surface area contributed by atoms with Gasteiger partial charge in [-0.2, -0.15) is 0 Å². The van der Waals surface area contributed by atoms with Gasteiger partial charge in [-0.15, -0.1) is 11.3 Å². The molecule has 0 bridgehead atoms. The molecule has 1 N–H and O–H groups in total. The van der Waals surface area contributed by atoms with Crippen molar-refractivity contribution >= 4 is 41.3 Å². The average molecular weight is 321 g/mol. The molecule has 3 rings (SSSR count). The Hall–Kier alpha value is -1.14. The first kappa shape index (κ1) is 14.8. The number of hydrogen-bond acceptors (Lipinski definition) is 4. The summed E-state index contributed by atoms with van der Waals surface area (Å²) in [5.41, 5.74) is 1.98. The number of hydrogen-bond donors (Lipinski definition) is 1. The van der Waals surface area contributed by atoms with Crippen molar-refractivity contribution in [1.82, 2.24) is 0 Å². The van der Waals surface area contributed by atoms with Crippen molar-refractivity contribution in [2.24, 2.45) is 0 Å². The number of benzene rings is 1. The van der Waals surface area contributed by atoms with Gasteiger partial charge in [-0.25, -0.2) is 0 Å². The maximum absolute atomic E-state index is 12.3. The minimum Gasteiger partial charge on any atom is -0.423 e. The zero-order valence-electron chi connectivity index (χ0n) is 11.3. The second-order valence-electron chi connectivity index (χ2n) is 5.05. The third-order valence-electron chi connectivity index (χ3n) is 3.60. The van der Waals surface area contributed by atoms with E-state index in [0.717, 1.165) is 18.4 Å². The highest BCUT2D eigenvalue weighted by molar-refractivity contribution is 7.09. The topological polar surface area (TPSA) is 46.5 Å². The van der Waals surface area contributed by atoms with Gasteiger partial charge >= 0.3 is 7.12 Å². The molecule has 0 spiro atoms. The number of carbonyl (C=O) groups is 1. The molecule has 2 aromatic rings. The van der Waals surface area contributed by atoms with E-state index in [4.69, 9.17) is 16.3 Å². The monoisotopic (exact) mass is 320 g/mol. The van der Waals surface area contributed by atoms with Crippen LogP contribution < -0.4 is 5.46 Å². The quantitative estimate of drug-likeness (QED) is 0.681. The van der Waals surface area contributed by atoms with Crippen LogP contribution in [0.15, 0.2) is 29.6 Å². The van der Waals surface area contributed by atoms with Crippen LogP contribution in [0.1, 0.15) is 33.6 Å². The number of carbonyl (C=O) groups excluding carboxylic acids is 1. The van der Waals surface area contributed by atoms with Crippen molar-refractivity contribution in [1.29, 1.82) is 0 Å². The van der Waals surface area contributed by atoms with E-state index < -0.39 is 7.12 Å². The number of Topliss-reactive ketones (excluding diaryl/α,β-unsaturated/α-hetero) is 1. The SMILES string of the molecule is O=C(CCCc1cccs1)c1cc2c(cc1Cl)COB2O. The summed E-state index contributed by atoms with van der Waals surface area (Å²) in [4.78, 5) is 13.6. The van der Waals surface area contributed by atoms with Gasteiger partial charge in [-0.1, -0.05) is 17.7 Å². The molecule has 0 amide bonds. The Kier molecular flexibility index (Phi) is 4.45. The van der Waals surface area contributed by atoms with Crippen molar-refractivity contribution in [3.05, 3.63) is 50.7 Å². The van der Waals surface area contributed by atoms with Crippen LogP contribution in [0.4, 0.5) is 0 Å². The maximum Gasteiger partial charge on any atom is 0.491 e. The molecular weight excluding hydrogens is 306 g/mol. The molecule has 0 atom stereocenters. The number of aryl methyl sites for hydroxylation is 1.